The minimum absolute atomic E-state index is 0.0429. The number of nitrogens with zero attached hydrogens (tertiary/aromatic N) is 2. The molecule has 0 unspecified atom stereocenters. The van der Waals surface area contributed by atoms with Crippen LogP contribution in [0.25, 0.3) is 0 Å². The van der Waals surface area contributed by atoms with E-state index in [0.717, 1.165) is 21.7 Å². The maximum Gasteiger partial charge on any atom is 0.244 e. The van der Waals surface area contributed by atoms with E-state index in [0.29, 0.717) is 11.5 Å². The SMILES string of the molecule is Cc1cccc(CN(C(=O)CN(c2ccc3c(c2)OCO3)S(C)(=O)=O)[C@H](C)C(=O)NC(C)(C)C)c1. The molecule has 2 aromatic rings. The molecule has 1 heterocycles. The summed E-state index contributed by atoms with van der Waals surface area (Å²) < 4.78 is 37.1. The molecule has 1 aliphatic rings. The highest BCUT2D eigenvalue weighted by Gasteiger charge is 2.32. The molecule has 10 heteroatoms. The molecular formula is C25H33N3O6S. The number of anilines is 1. The Morgan fingerprint density at radius 2 is 1.77 bits per heavy atom. The maximum atomic E-state index is 13.6. The van der Waals surface area contributed by atoms with Crippen LogP contribution in [0.5, 0.6) is 11.5 Å². The van der Waals surface area contributed by atoms with Crippen molar-refractivity contribution >= 4 is 27.5 Å². The molecule has 0 bridgehead atoms. The lowest BCUT2D eigenvalue weighted by atomic mass is 10.1. The van der Waals surface area contributed by atoms with E-state index in [-0.39, 0.29) is 24.9 Å². The number of hydrogen-bond donors (Lipinski definition) is 1. The summed E-state index contributed by atoms with van der Waals surface area (Å²) in [5.74, 6) is 0.0684. The van der Waals surface area contributed by atoms with Crippen molar-refractivity contribution in [3.8, 4) is 11.5 Å². The minimum Gasteiger partial charge on any atom is -0.454 e. The van der Waals surface area contributed by atoms with E-state index in [4.69, 9.17) is 9.47 Å². The van der Waals surface area contributed by atoms with E-state index in [9.17, 15) is 18.0 Å². The van der Waals surface area contributed by atoms with Gasteiger partial charge in [0.25, 0.3) is 0 Å². The summed E-state index contributed by atoms with van der Waals surface area (Å²) in [4.78, 5) is 28.0. The second kappa shape index (κ2) is 10.2. The molecule has 9 nitrogen and oxygen atoms in total. The van der Waals surface area contributed by atoms with Crippen molar-refractivity contribution in [2.45, 2.75) is 52.7 Å². The zero-order valence-electron chi connectivity index (χ0n) is 21.0. The van der Waals surface area contributed by atoms with Crippen molar-refractivity contribution in [3.63, 3.8) is 0 Å². The van der Waals surface area contributed by atoms with Gasteiger partial charge in [-0.2, -0.15) is 0 Å². The van der Waals surface area contributed by atoms with E-state index in [1.165, 1.54) is 11.0 Å². The van der Waals surface area contributed by atoms with E-state index in [1.807, 2.05) is 52.0 Å². The fourth-order valence-electron chi connectivity index (χ4n) is 3.72. The number of amides is 2. The number of carbonyl (C=O) groups excluding carboxylic acids is 2. The molecule has 0 aromatic heterocycles. The largest absolute Gasteiger partial charge is 0.454 e. The first-order valence-corrected chi connectivity index (χ1v) is 13.1. The van der Waals surface area contributed by atoms with Gasteiger partial charge in [-0.15, -0.1) is 0 Å². The van der Waals surface area contributed by atoms with Gasteiger partial charge in [0.15, 0.2) is 11.5 Å². The topological polar surface area (TPSA) is 105 Å². The third-order valence-electron chi connectivity index (χ3n) is 5.42. The fraction of sp³-hybridized carbons (Fsp3) is 0.440. The van der Waals surface area contributed by atoms with Crippen LogP contribution in [0.3, 0.4) is 0 Å². The second-order valence-electron chi connectivity index (χ2n) is 9.73. The van der Waals surface area contributed by atoms with Crippen molar-refractivity contribution in [2.75, 3.05) is 23.9 Å². The Balaban J connectivity index is 1.92. The van der Waals surface area contributed by atoms with Crippen LogP contribution < -0.4 is 19.1 Å². The maximum absolute atomic E-state index is 13.6. The second-order valence-corrected chi connectivity index (χ2v) is 11.6. The molecule has 1 N–H and O–H groups in total. The number of rotatable bonds is 8. The van der Waals surface area contributed by atoms with Crippen LogP contribution in [-0.2, 0) is 26.2 Å². The molecule has 0 fully saturated rings. The lowest BCUT2D eigenvalue weighted by molar-refractivity contribution is -0.140. The van der Waals surface area contributed by atoms with Gasteiger partial charge >= 0.3 is 0 Å². The first-order chi connectivity index (χ1) is 16.2. The molecule has 0 saturated heterocycles. The van der Waals surface area contributed by atoms with E-state index in [2.05, 4.69) is 5.32 Å². The van der Waals surface area contributed by atoms with Gasteiger partial charge < -0.3 is 19.7 Å². The van der Waals surface area contributed by atoms with Crippen LogP contribution in [0, 0.1) is 6.92 Å². The Hall–Kier alpha value is -3.27. The molecule has 35 heavy (non-hydrogen) atoms. The van der Waals surface area contributed by atoms with Crippen molar-refractivity contribution in [1.82, 2.24) is 10.2 Å². The normalized spacial score (nSPS) is 13.8. The van der Waals surface area contributed by atoms with Gasteiger partial charge in [-0.1, -0.05) is 29.8 Å². The molecule has 1 atom stereocenters. The van der Waals surface area contributed by atoms with Gasteiger partial charge in [0.05, 0.1) is 11.9 Å². The average molecular weight is 504 g/mol. The summed E-state index contributed by atoms with van der Waals surface area (Å²) in [6.45, 7) is 8.87. The number of benzene rings is 2. The molecule has 2 aromatic carbocycles. The molecule has 2 amide bonds. The first-order valence-electron chi connectivity index (χ1n) is 11.3. The molecular weight excluding hydrogens is 470 g/mol. The summed E-state index contributed by atoms with van der Waals surface area (Å²) in [5.41, 5.74) is 1.63. The third-order valence-corrected chi connectivity index (χ3v) is 6.56. The highest BCUT2D eigenvalue weighted by atomic mass is 32.2. The highest BCUT2D eigenvalue weighted by molar-refractivity contribution is 7.92. The summed E-state index contributed by atoms with van der Waals surface area (Å²) in [6.07, 6.45) is 1.03. The van der Waals surface area contributed by atoms with Gasteiger partial charge in [-0.25, -0.2) is 8.42 Å². The number of sulfonamides is 1. The van der Waals surface area contributed by atoms with Crippen LogP contribution in [-0.4, -0.2) is 56.3 Å². The quantitative estimate of drug-likeness (QED) is 0.594. The Kier molecular flexibility index (Phi) is 7.64. The first kappa shape index (κ1) is 26.3. The van der Waals surface area contributed by atoms with Crippen LogP contribution >= 0.6 is 0 Å². The van der Waals surface area contributed by atoms with Crippen molar-refractivity contribution in [2.24, 2.45) is 0 Å². The summed E-state index contributed by atoms with van der Waals surface area (Å²) in [5, 5.41) is 2.90. The van der Waals surface area contributed by atoms with Crippen LogP contribution in [0.1, 0.15) is 38.8 Å². The van der Waals surface area contributed by atoms with Crippen LogP contribution in [0.4, 0.5) is 5.69 Å². The zero-order valence-corrected chi connectivity index (χ0v) is 21.8. The number of ether oxygens (including phenoxy) is 2. The van der Waals surface area contributed by atoms with Gasteiger partial charge in [0.2, 0.25) is 28.6 Å². The van der Waals surface area contributed by atoms with Gasteiger partial charge in [-0.3, -0.25) is 13.9 Å². The number of aryl methyl sites for hydroxylation is 1. The van der Waals surface area contributed by atoms with Crippen molar-refractivity contribution in [3.05, 3.63) is 53.6 Å². The zero-order chi connectivity index (χ0) is 26.0. The fourth-order valence-corrected chi connectivity index (χ4v) is 4.56. The minimum atomic E-state index is -3.83. The molecule has 0 saturated carbocycles. The molecule has 190 valence electrons. The van der Waals surface area contributed by atoms with Crippen molar-refractivity contribution < 1.29 is 27.5 Å². The Morgan fingerprint density at radius 1 is 1.09 bits per heavy atom. The monoisotopic (exact) mass is 503 g/mol. The average Bonchev–Trinajstić information content (AvgIpc) is 3.21. The Bertz CT molecular complexity index is 1210. The van der Waals surface area contributed by atoms with Gasteiger partial charge in [0.1, 0.15) is 12.6 Å². The smallest absolute Gasteiger partial charge is 0.244 e. The molecule has 1 aliphatic heterocycles. The lowest BCUT2D eigenvalue weighted by Crippen LogP contribution is -2.54. The molecule has 0 aliphatic carbocycles. The van der Waals surface area contributed by atoms with Crippen LogP contribution in [0.2, 0.25) is 0 Å². The Morgan fingerprint density at radius 3 is 2.40 bits per heavy atom. The molecule has 0 spiro atoms. The van der Waals surface area contributed by atoms with E-state index < -0.39 is 34.1 Å². The predicted molar refractivity (Wildman–Crippen MR) is 134 cm³/mol. The highest BCUT2D eigenvalue weighted by Crippen LogP contribution is 2.36. The van der Waals surface area contributed by atoms with Gasteiger partial charge in [-0.05, 0) is 52.3 Å². The lowest BCUT2D eigenvalue weighted by Gasteiger charge is -2.33. The third kappa shape index (κ3) is 6.88. The number of carbonyl (C=O) groups is 2. The number of hydrogen-bond acceptors (Lipinski definition) is 6. The summed E-state index contributed by atoms with van der Waals surface area (Å²) >= 11 is 0. The molecule has 0 radical (unpaired) electrons. The summed E-state index contributed by atoms with van der Waals surface area (Å²) in [6, 6.07) is 11.5. The van der Waals surface area contributed by atoms with Gasteiger partial charge in [0, 0.05) is 18.2 Å². The Labute approximate surface area is 207 Å². The molecule has 3 rings (SSSR count). The number of fused-ring (bicyclic) bond motifs is 1. The predicted octanol–water partition coefficient (Wildman–Crippen LogP) is 2.82. The number of nitrogens with one attached hydrogen (secondary N) is 1. The summed E-state index contributed by atoms with van der Waals surface area (Å²) in [7, 11) is -3.83. The van der Waals surface area contributed by atoms with Crippen LogP contribution in [0.15, 0.2) is 42.5 Å². The standard InChI is InChI=1S/C25H33N3O6S/c1-17-8-7-9-19(12-17)14-27(18(2)24(30)26-25(3,4)5)23(29)15-28(35(6,31)32)20-10-11-21-22(13-20)34-16-33-21/h7-13,18H,14-16H2,1-6H3,(H,26,30)/t18-/m1/s1. The van der Waals surface area contributed by atoms with Crippen molar-refractivity contribution in [1.29, 1.82) is 0 Å². The van der Waals surface area contributed by atoms with E-state index in [1.54, 1.807) is 19.1 Å². The van der Waals surface area contributed by atoms with E-state index >= 15 is 0 Å².